The molecule has 3 aromatic carbocycles. The minimum atomic E-state index is -1.15. The topological polar surface area (TPSA) is 100 Å². The third-order valence-electron chi connectivity index (χ3n) is 8.37. The van der Waals surface area contributed by atoms with Crippen molar-refractivity contribution in [3.63, 3.8) is 0 Å². The first-order chi connectivity index (χ1) is 22.8. The van der Waals surface area contributed by atoms with Gasteiger partial charge in [-0.1, -0.05) is 93.6 Å². The number of rotatable bonds is 14. The molecule has 1 saturated heterocycles. The quantitative estimate of drug-likeness (QED) is 0.109. The molecule has 0 aliphatic carbocycles. The molecule has 3 aromatic rings. The highest BCUT2D eigenvalue weighted by Gasteiger charge is 2.48. The number of esters is 2. The highest BCUT2D eigenvalue weighted by molar-refractivity contribution is 5.91. The van der Waals surface area contributed by atoms with Gasteiger partial charge in [0.25, 0.3) is 0 Å². The molecule has 1 aliphatic rings. The van der Waals surface area contributed by atoms with Crippen LogP contribution in [0.1, 0.15) is 70.6 Å². The summed E-state index contributed by atoms with van der Waals surface area (Å²) in [4.78, 5) is 39.8. The first kappa shape index (κ1) is 36.4. The molecule has 8 heteroatoms. The zero-order valence-corrected chi connectivity index (χ0v) is 29.2. The maximum absolute atomic E-state index is 13.8. The van der Waals surface area contributed by atoms with Crippen LogP contribution < -0.4 is 10.1 Å². The van der Waals surface area contributed by atoms with Crippen LogP contribution in [-0.2, 0) is 41.6 Å². The van der Waals surface area contributed by atoms with Gasteiger partial charge in [-0.05, 0) is 78.0 Å². The molecule has 0 aromatic heterocycles. The Morgan fingerprint density at radius 3 is 2.38 bits per heavy atom. The fourth-order valence-corrected chi connectivity index (χ4v) is 5.76. The molecule has 1 heterocycles. The molecule has 1 N–H and O–H groups in total. The first-order valence-electron chi connectivity index (χ1n) is 16.6. The zero-order chi connectivity index (χ0) is 34.9. The SMILES string of the molecule is COc1cccc(-c2ccc(CCC/C=C/C[C@@H](C(=O)N[C@H](C(=O)OCc3ccccc3)C(C)(C)C)[C@@H]3OC(C)(C)OC3=O)cc2C)c1. The maximum Gasteiger partial charge on any atom is 0.338 e. The molecule has 256 valence electrons. The smallest absolute Gasteiger partial charge is 0.338 e. The summed E-state index contributed by atoms with van der Waals surface area (Å²) in [5.41, 5.74) is 4.95. The molecule has 1 amide bonds. The van der Waals surface area contributed by atoms with Crippen molar-refractivity contribution in [2.45, 2.75) is 91.8 Å². The second-order valence-electron chi connectivity index (χ2n) is 13.8. The molecule has 48 heavy (non-hydrogen) atoms. The number of unbranched alkanes of at least 4 members (excludes halogenated alkanes) is 1. The minimum Gasteiger partial charge on any atom is -0.497 e. The Balaban J connectivity index is 1.38. The van der Waals surface area contributed by atoms with Gasteiger partial charge in [0.05, 0.1) is 13.0 Å². The van der Waals surface area contributed by atoms with Crippen LogP contribution in [0.15, 0.2) is 84.9 Å². The van der Waals surface area contributed by atoms with Gasteiger partial charge in [0.1, 0.15) is 18.4 Å². The summed E-state index contributed by atoms with van der Waals surface area (Å²) in [6.45, 7) is 11.1. The van der Waals surface area contributed by atoms with E-state index in [2.05, 4.69) is 36.5 Å². The number of methoxy groups -OCH3 is 1. The van der Waals surface area contributed by atoms with Crippen molar-refractivity contribution in [2.75, 3.05) is 7.11 Å². The summed E-state index contributed by atoms with van der Waals surface area (Å²) >= 11 is 0. The van der Waals surface area contributed by atoms with E-state index in [0.717, 1.165) is 36.1 Å². The zero-order valence-electron chi connectivity index (χ0n) is 29.2. The molecule has 0 radical (unpaired) electrons. The predicted octanol–water partition coefficient (Wildman–Crippen LogP) is 7.51. The Morgan fingerprint density at radius 1 is 0.979 bits per heavy atom. The van der Waals surface area contributed by atoms with Gasteiger partial charge in [0.15, 0.2) is 6.10 Å². The van der Waals surface area contributed by atoms with Crippen molar-refractivity contribution in [1.82, 2.24) is 5.32 Å². The average molecular weight is 656 g/mol. The van der Waals surface area contributed by atoms with Crippen LogP contribution in [0.3, 0.4) is 0 Å². The Kier molecular flexibility index (Phi) is 12.2. The highest BCUT2D eigenvalue weighted by atomic mass is 16.8. The second-order valence-corrected chi connectivity index (χ2v) is 13.8. The van der Waals surface area contributed by atoms with Gasteiger partial charge >= 0.3 is 11.9 Å². The van der Waals surface area contributed by atoms with Crippen LogP contribution in [0, 0.1) is 18.3 Å². The van der Waals surface area contributed by atoms with Crippen LogP contribution in [0.5, 0.6) is 5.75 Å². The van der Waals surface area contributed by atoms with Gasteiger partial charge in [-0.2, -0.15) is 0 Å². The summed E-state index contributed by atoms with van der Waals surface area (Å²) in [5.74, 6) is -2.83. The Hall–Kier alpha value is -4.43. The lowest BCUT2D eigenvalue weighted by molar-refractivity contribution is -0.162. The largest absolute Gasteiger partial charge is 0.497 e. The standard InChI is InChI=1S/C40H49NO7/c1-27-24-28(22-23-32(27)30-19-15-20-31(25-30)45-7)16-11-8-9-14-21-33(34-37(43)48-40(5,6)47-34)36(42)41-35(39(2,3)4)38(44)46-26-29-17-12-10-13-18-29/h9-10,12-15,17-20,22-25,33-35H,8,11,16,21,26H2,1-7H3,(H,41,42)/b14-9+/t33-,34+,35-/m1/s1. The fraction of sp³-hybridized carbons (Fsp3) is 0.425. The van der Waals surface area contributed by atoms with Crippen LogP contribution in [-0.4, -0.2) is 42.9 Å². The minimum absolute atomic E-state index is 0.0898. The van der Waals surface area contributed by atoms with Gasteiger partial charge in [0.2, 0.25) is 11.7 Å². The van der Waals surface area contributed by atoms with Crippen molar-refractivity contribution in [1.29, 1.82) is 0 Å². The van der Waals surface area contributed by atoms with E-state index >= 15 is 0 Å². The third kappa shape index (κ3) is 10.0. The number of carbonyl (C=O) groups excluding carboxylic acids is 3. The monoisotopic (exact) mass is 655 g/mol. The normalized spacial score (nSPS) is 17.1. The number of aryl methyl sites for hydroxylation is 2. The first-order valence-corrected chi connectivity index (χ1v) is 16.6. The number of carbonyl (C=O) groups is 3. The summed E-state index contributed by atoms with van der Waals surface area (Å²) < 4.78 is 22.2. The molecule has 0 bridgehead atoms. The van der Waals surface area contributed by atoms with Crippen molar-refractivity contribution >= 4 is 17.8 Å². The van der Waals surface area contributed by atoms with Gasteiger partial charge < -0.3 is 24.3 Å². The maximum atomic E-state index is 13.8. The molecule has 8 nitrogen and oxygen atoms in total. The molecule has 4 rings (SSSR count). The van der Waals surface area contributed by atoms with Crippen LogP contribution in [0.2, 0.25) is 0 Å². The number of amides is 1. The van der Waals surface area contributed by atoms with E-state index in [1.165, 1.54) is 16.7 Å². The van der Waals surface area contributed by atoms with Crippen molar-refractivity contribution in [3.8, 4) is 16.9 Å². The Labute approximate surface area is 284 Å². The van der Waals surface area contributed by atoms with Gasteiger partial charge in [-0.3, -0.25) is 4.79 Å². The van der Waals surface area contributed by atoms with Crippen molar-refractivity contribution in [3.05, 3.63) is 102 Å². The molecular weight excluding hydrogens is 606 g/mol. The van der Waals surface area contributed by atoms with Crippen LogP contribution in [0.25, 0.3) is 11.1 Å². The lowest BCUT2D eigenvalue weighted by atomic mass is 9.85. The summed E-state index contributed by atoms with van der Waals surface area (Å²) in [7, 11) is 1.67. The van der Waals surface area contributed by atoms with E-state index in [1.807, 2.05) is 81.5 Å². The number of allylic oxidation sites excluding steroid dienone is 2. The van der Waals surface area contributed by atoms with Crippen molar-refractivity contribution < 1.29 is 33.3 Å². The van der Waals surface area contributed by atoms with E-state index in [-0.39, 0.29) is 13.0 Å². The highest BCUT2D eigenvalue weighted by Crippen LogP contribution is 2.31. The van der Waals surface area contributed by atoms with Crippen LogP contribution in [0.4, 0.5) is 0 Å². The third-order valence-corrected chi connectivity index (χ3v) is 8.37. The van der Waals surface area contributed by atoms with E-state index in [9.17, 15) is 14.4 Å². The number of nitrogens with one attached hydrogen (secondary N) is 1. The number of hydrogen-bond acceptors (Lipinski definition) is 7. The molecular formula is C40H49NO7. The van der Waals surface area contributed by atoms with Crippen LogP contribution >= 0.6 is 0 Å². The number of cyclic esters (lactones) is 1. The molecule has 0 saturated carbocycles. The molecule has 1 fully saturated rings. The van der Waals surface area contributed by atoms with E-state index in [1.54, 1.807) is 21.0 Å². The molecule has 0 spiro atoms. The lowest BCUT2D eigenvalue weighted by Crippen LogP contribution is -2.53. The fourth-order valence-electron chi connectivity index (χ4n) is 5.76. The number of hydrogen-bond donors (Lipinski definition) is 1. The van der Waals surface area contributed by atoms with Gasteiger partial charge in [0, 0.05) is 13.8 Å². The lowest BCUT2D eigenvalue weighted by Gasteiger charge is -2.31. The number of ether oxygens (including phenoxy) is 4. The molecule has 0 unspecified atom stereocenters. The molecule has 1 aliphatic heterocycles. The van der Waals surface area contributed by atoms with E-state index < -0.39 is 47.1 Å². The molecule has 3 atom stereocenters. The van der Waals surface area contributed by atoms with Crippen molar-refractivity contribution in [2.24, 2.45) is 11.3 Å². The Morgan fingerprint density at radius 2 is 1.73 bits per heavy atom. The second kappa shape index (κ2) is 16.1. The summed E-state index contributed by atoms with van der Waals surface area (Å²) in [6, 6.07) is 23.0. The summed E-state index contributed by atoms with van der Waals surface area (Å²) in [5, 5.41) is 2.88. The Bertz CT molecular complexity index is 1590. The van der Waals surface area contributed by atoms with Gasteiger partial charge in [-0.15, -0.1) is 0 Å². The number of benzene rings is 3. The average Bonchev–Trinajstić information content (AvgIpc) is 3.33. The van der Waals surface area contributed by atoms with E-state index in [0.29, 0.717) is 0 Å². The summed E-state index contributed by atoms with van der Waals surface area (Å²) in [6.07, 6.45) is 5.69. The van der Waals surface area contributed by atoms with Gasteiger partial charge in [-0.25, -0.2) is 9.59 Å². The van der Waals surface area contributed by atoms with E-state index in [4.69, 9.17) is 18.9 Å². The predicted molar refractivity (Wildman–Crippen MR) is 186 cm³/mol.